The van der Waals surface area contributed by atoms with Crippen LogP contribution in [0.4, 0.5) is 11.4 Å². The molecular formula is C29H30N2O5. The Morgan fingerprint density at radius 3 is 2.14 bits per heavy atom. The van der Waals surface area contributed by atoms with Gasteiger partial charge in [-0.2, -0.15) is 0 Å². The molecule has 2 bridgehead atoms. The van der Waals surface area contributed by atoms with Crippen LogP contribution in [-0.2, 0) is 19.2 Å². The Morgan fingerprint density at radius 2 is 1.50 bits per heavy atom. The Bertz CT molecular complexity index is 1290. The van der Waals surface area contributed by atoms with Crippen LogP contribution in [0.1, 0.15) is 42.4 Å². The zero-order chi connectivity index (χ0) is 25.3. The quantitative estimate of drug-likeness (QED) is 0.369. The molecule has 7 heteroatoms. The molecule has 2 aromatic carbocycles. The first kappa shape index (κ1) is 23.0. The van der Waals surface area contributed by atoms with Crippen LogP contribution >= 0.6 is 0 Å². The third-order valence-corrected chi connectivity index (χ3v) is 8.66. The second-order valence-electron chi connectivity index (χ2n) is 11.0. The van der Waals surface area contributed by atoms with Crippen LogP contribution in [0.2, 0.25) is 0 Å². The number of fused-ring (bicyclic) bond motifs is 5. The van der Waals surface area contributed by atoms with Gasteiger partial charge in [0.15, 0.2) is 0 Å². The zero-order valence-corrected chi connectivity index (χ0v) is 20.8. The van der Waals surface area contributed by atoms with Crippen molar-refractivity contribution in [2.24, 2.45) is 29.6 Å². The third-order valence-electron chi connectivity index (χ3n) is 8.66. The van der Waals surface area contributed by atoms with Gasteiger partial charge in [0.1, 0.15) is 5.75 Å². The predicted octanol–water partition coefficient (Wildman–Crippen LogP) is 4.11. The summed E-state index contributed by atoms with van der Waals surface area (Å²) in [6.07, 6.45) is 3.18. The molecule has 0 spiro atoms. The highest BCUT2D eigenvalue weighted by molar-refractivity contribution is 6.23. The summed E-state index contributed by atoms with van der Waals surface area (Å²) in [6, 6.07) is 10.9. The molecule has 186 valence electrons. The molecule has 2 aromatic rings. The minimum atomic E-state index is -0.560. The number of amides is 3. The molecule has 4 aliphatic rings. The molecule has 4 fully saturated rings. The molecule has 2 saturated heterocycles. The minimum Gasteiger partial charge on any atom is -0.426 e. The van der Waals surface area contributed by atoms with Crippen molar-refractivity contribution in [1.82, 2.24) is 0 Å². The lowest BCUT2D eigenvalue weighted by atomic mass is 9.81. The predicted molar refractivity (Wildman–Crippen MR) is 133 cm³/mol. The van der Waals surface area contributed by atoms with Crippen LogP contribution in [0.5, 0.6) is 5.75 Å². The van der Waals surface area contributed by atoms with E-state index in [-0.39, 0.29) is 42.5 Å². The van der Waals surface area contributed by atoms with Gasteiger partial charge in [0.2, 0.25) is 17.7 Å². The lowest BCUT2D eigenvalue weighted by Crippen LogP contribution is -2.33. The Morgan fingerprint density at radius 1 is 0.861 bits per heavy atom. The summed E-state index contributed by atoms with van der Waals surface area (Å²) >= 11 is 0. The molecule has 2 aliphatic carbocycles. The number of carbonyl (C=O) groups excluding carboxylic acids is 4. The summed E-state index contributed by atoms with van der Waals surface area (Å²) in [6.45, 7) is 6.05. The fraction of sp³-hybridized carbons (Fsp3) is 0.448. The van der Waals surface area contributed by atoms with E-state index in [1.54, 1.807) is 23.1 Å². The van der Waals surface area contributed by atoms with Crippen molar-refractivity contribution in [3.05, 3.63) is 53.1 Å². The van der Waals surface area contributed by atoms with E-state index in [0.29, 0.717) is 28.8 Å². The van der Waals surface area contributed by atoms with Gasteiger partial charge in [-0.05, 0) is 87.3 Å². The van der Waals surface area contributed by atoms with E-state index in [9.17, 15) is 19.2 Å². The summed E-state index contributed by atoms with van der Waals surface area (Å²) in [5, 5.41) is 0. The number of nitrogens with zero attached hydrogens (tertiary/aromatic N) is 2. The van der Waals surface area contributed by atoms with Crippen molar-refractivity contribution in [2.75, 3.05) is 16.3 Å². The van der Waals surface area contributed by atoms with Crippen molar-refractivity contribution in [3.63, 3.8) is 0 Å². The first-order valence-corrected chi connectivity index (χ1v) is 12.8. The summed E-state index contributed by atoms with van der Waals surface area (Å²) < 4.78 is 5.64. The van der Waals surface area contributed by atoms with Crippen LogP contribution in [0.15, 0.2) is 36.4 Å². The van der Waals surface area contributed by atoms with Crippen LogP contribution in [0.3, 0.4) is 0 Å². The summed E-state index contributed by atoms with van der Waals surface area (Å²) in [5.74, 6) is -0.613. The summed E-state index contributed by atoms with van der Waals surface area (Å²) in [4.78, 5) is 55.0. The van der Waals surface area contributed by atoms with E-state index in [2.05, 4.69) is 0 Å². The highest BCUT2D eigenvalue weighted by Crippen LogP contribution is 2.56. The van der Waals surface area contributed by atoms with Crippen LogP contribution < -0.4 is 14.5 Å². The minimum absolute atomic E-state index is 0.0824. The lowest BCUT2D eigenvalue weighted by molar-refractivity contribution is -0.139. The van der Waals surface area contributed by atoms with Crippen LogP contribution in [0.25, 0.3) is 0 Å². The van der Waals surface area contributed by atoms with E-state index < -0.39 is 11.9 Å². The average Bonchev–Trinajstić information content (AvgIpc) is 3.59. The molecule has 5 atom stereocenters. The standard InChI is InChI=1S/C29H30N2O5/c1-15-4-8-22(16(2)10-15)30-14-20(13-24(30)32)29(35)36-21-7-9-23(17(3)11-21)31-27(33)25-18-5-6-19(12-18)26(25)28(31)34/h4,7-11,18-20,25-26H,5-6,12-14H2,1-3H3/t18-,19-,20+,25-,26-/m0/s1. The molecule has 36 heavy (non-hydrogen) atoms. The number of hydrogen-bond donors (Lipinski definition) is 0. The fourth-order valence-corrected chi connectivity index (χ4v) is 6.99. The maximum atomic E-state index is 13.2. The number of aryl methyl sites for hydroxylation is 3. The van der Waals surface area contributed by atoms with E-state index in [1.807, 2.05) is 39.0 Å². The number of esters is 1. The molecule has 0 unspecified atom stereocenters. The Kier molecular flexibility index (Phi) is 5.28. The number of hydrogen-bond acceptors (Lipinski definition) is 5. The SMILES string of the molecule is Cc1ccc(N2C[C@H](C(=O)Oc3ccc(N4C(=O)[C@H]5[C@H]6CC[C@@H](C6)[C@@H]5C4=O)c(C)c3)CC2=O)c(C)c1. The third kappa shape index (κ3) is 3.47. The number of carbonyl (C=O) groups is 4. The van der Waals surface area contributed by atoms with Gasteiger partial charge in [0.05, 0.1) is 23.4 Å². The molecule has 2 aliphatic heterocycles. The number of anilines is 2. The van der Waals surface area contributed by atoms with Crippen molar-refractivity contribution < 1.29 is 23.9 Å². The maximum Gasteiger partial charge on any atom is 0.316 e. The van der Waals surface area contributed by atoms with Gasteiger partial charge in [0, 0.05) is 18.7 Å². The molecule has 6 rings (SSSR count). The number of ether oxygens (including phenoxy) is 1. The Labute approximate surface area is 210 Å². The highest BCUT2D eigenvalue weighted by Gasteiger charge is 2.61. The molecule has 0 radical (unpaired) electrons. The molecule has 0 N–H and O–H groups in total. The Balaban J connectivity index is 1.16. The lowest BCUT2D eigenvalue weighted by Gasteiger charge is -2.20. The molecule has 2 heterocycles. The monoisotopic (exact) mass is 486 g/mol. The first-order valence-electron chi connectivity index (χ1n) is 12.8. The number of rotatable bonds is 4. The first-order chi connectivity index (χ1) is 17.2. The largest absolute Gasteiger partial charge is 0.426 e. The van der Waals surface area contributed by atoms with Crippen LogP contribution in [-0.4, -0.2) is 30.2 Å². The Hall–Kier alpha value is -3.48. The number of imide groups is 1. The number of benzene rings is 2. The smallest absolute Gasteiger partial charge is 0.316 e. The summed E-state index contributed by atoms with van der Waals surface area (Å²) in [5.41, 5.74) is 4.20. The van der Waals surface area contributed by atoms with E-state index in [0.717, 1.165) is 36.1 Å². The average molecular weight is 487 g/mol. The van der Waals surface area contributed by atoms with Crippen molar-refractivity contribution in [3.8, 4) is 5.75 Å². The van der Waals surface area contributed by atoms with Crippen molar-refractivity contribution >= 4 is 35.1 Å². The van der Waals surface area contributed by atoms with Gasteiger partial charge < -0.3 is 9.64 Å². The normalized spacial score (nSPS) is 28.9. The molecule has 2 saturated carbocycles. The summed E-state index contributed by atoms with van der Waals surface area (Å²) in [7, 11) is 0. The molecule has 7 nitrogen and oxygen atoms in total. The second-order valence-corrected chi connectivity index (χ2v) is 11.0. The zero-order valence-electron chi connectivity index (χ0n) is 20.8. The molecule has 3 amide bonds. The molecule has 0 aromatic heterocycles. The van der Waals surface area contributed by atoms with Gasteiger partial charge in [-0.15, -0.1) is 0 Å². The van der Waals surface area contributed by atoms with E-state index in [4.69, 9.17) is 4.74 Å². The van der Waals surface area contributed by atoms with Crippen molar-refractivity contribution in [1.29, 1.82) is 0 Å². The van der Waals surface area contributed by atoms with Gasteiger partial charge in [0.25, 0.3) is 0 Å². The second kappa shape index (κ2) is 8.29. The van der Waals surface area contributed by atoms with Crippen LogP contribution in [0, 0.1) is 50.4 Å². The van der Waals surface area contributed by atoms with Gasteiger partial charge >= 0.3 is 5.97 Å². The van der Waals surface area contributed by atoms with Gasteiger partial charge in [-0.3, -0.25) is 19.2 Å². The molecular weight excluding hydrogens is 456 g/mol. The highest BCUT2D eigenvalue weighted by atomic mass is 16.5. The van der Waals surface area contributed by atoms with Gasteiger partial charge in [-0.1, -0.05) is 17.7 Å². The van der Waals surface area contributed by atoms with E-state index >= 15 is 0 Å². The van der Waals surface area contributed by atoms with Crippen molar-refractivity contribution in [2.45, 2.75) is 46.5 Å². The van der Waals surface area contributed by atoms with E-state index in [1.165, 1.54) is 4.90 Å². The topological polar surface area (TPSA) is 84.0 Å². The van der Waals surface area contributed by atoms with Gasteiger partial charge in [-0.25, -0.2) is 4.90 Å². The fourth-order valence-electron chi connectivity index (χ4n) is 6.99. The maximum absolute atomic E-state index is 13.2.